The Labute approximate surface area is 145 Å². The van der Waals surface area contributed by atoms with Crippen molar-refractivity contribution in [3.8, 4) is 5.75 Å². The number of hydrogen-bond acceptors (Lipinski definition) is 3. The van der Waals surface area contributed by atoms with E-state index in [0.717, 1.165) is 10.0 Å². The molecule has 0 radical (unpaired) electrons. The normalized spacial score (nSPS) is 11.1. The lowest BCUT2D eigenvalue weighted by atomic mass is 10.1. The van der Waals surface area contributed by atoms with Crippen molar-refractivity contribution in [1.29, 1.82) is 0 Å². The number of halogens is 4. The van der Waals surface area contributed by atoms with Gasteiger partial charge in [-0.15, -0.1) is 0 Å². The molecule has 0 aromatic heterocycles. The fraction of sp³-hybridized carbons (Fsp3) is 0.0714. The van der Waals surface area contributed by atoms with Gasteiger partial charge >= 0.3 is 0 Å². The van der Waals surface area contributed by atoms with E-state index in [4.69, 9.17) is 34.8 Å². The average Bonchev–Trinajstić information content (AvgIpc) is 2.37. The van der Waals surface area contributed by atoms with E-state index in [9.17, 15) is 5.11 Å². The highest BCUT2D eigenvalue weighted by Crippen LogP contribution is 2.33. The van der Waals surface area contributed by atoms with E-state index in [2.05, 4.69) is 26.5 Å². The molecule has 7 heteroatoms. The minimum Gasteiger partial charge on any atom is -0.507 e. The summed E-state index contributed by atoms with van der Waals surface area (Å²) in [4.78, 5) is 0. The van der Waals surface area contributed by atoms with Gasteiger partial charge in [0.2, 0.25) is 0 Å². The number of aromatic hydroxyl groups is 1. The zero-order chi connectivity index (χ0) is 15.6. The van der Waals surface area contributed by atoms with Gasteiger partial charge in [0.1, 0.15) is 5.75 Å². The second kappa shape index (κ2) is 6.88. The van der Waals surface area contributed by atoms with Crippen molar-refractivity contribution in [2.24, 2.45) is 5.10 Å². The van der Waals surface area contributed by atoms with Crippen molar-refractivity contribution in [3.63, 3.8) is 0 Å². The van der Waals surface area contributed by atoms with Gasteiger partial charge in [-0.25, -0.2) is 0 Å². The number of anilines is 1. The molecule has 0 aliphatic rings. The topological polar surface area (TPSA) is 44.6 Å². The Kier molecular flexibility index (Phi) is 5.38. The number of hydrazone groups is 1. The summed E-state index contributed by atoms with van der Waals surface area (Å²) in [6.07, 6.45) is 1.48. The van der Waals surface area contributed by atoms with Gasteiger partial charge in [0.25, 0.3) is 0 Å². The minimum atomic E-state index is 0.164. The first-order chi connectivity index (χ1) is 9.88. The summed E-state index contributed by atoms with van der Waals surface area (Å²) >= 11 is 21.3. The SMILES string of the molecule is Cc1cc(Br)cc(/C=N/Nc2c(Cl)cc(Cl)cc2Cl)c1O. The lowest BCUT2D eigenvalue weighted by molar-refractivity contribution is 0.470. The van der Waals surface area contributed by atoms with Gasteiger partial charge in [0.15, 0.2) is 0 Å². The van der Waals surface area contributed by atoms with E-state index >= 15 is 0 Å². The highest BCUT2D eigenvalue weighted by molar-refractivity contribution is 9.10. The monoisotopic (exact) mass is 406 g/mol. The summed E-state index contributed by atoms with van der Waals surface area (Å²) in [5.74, 6) is 0.164. The quantitative estimate of drug-likeness (QED) is 0.493. The van der Waals surface area contributed by atoms with Gasteiger partial charge in [0.05, 0.1) is 21.9 Å². The van der Waals surface area contributed by atoms with Gasteiger partial charge in [-0.2, -0.15) is 5.10 Å². The molecule has 2 N–H and O–H groups in total. The first-order valence-corrected chi connectivity index (χ1v) is 7.74. The van der Waals surface area contributed by atoms with Crippen LogP contribution >= 0.6 is 50.7 Å². The Balaban J connectivity index is 2.25. The number of rotatable bonds is 3. The minimum absolute atomic E-state index is 0.164. The van der Waals surface area contributed by atoms with Crippen LogP contribution in [0, 0.1) is 6.92 Å². The standard InChI is InChI=1S/C14H10BrCl3N2O/c1-7-2-9(15)3-8(14(7)21)6-19-20-13-11(17)4-10(16)5-12(13)18/h2-6,20-21H,1H3/b19-6+. The molecule has 0 amide bonds. The second-order valence-electron chi connectivity index (χ2n) is 4.27. The molecular weight excluding hydrogens is 398 g/mol. The molecule has 21 heavy (non-hydrogen) atoms. The third-order valence-electron chi connectivity index (χ3n) is 2.68. The van der Waals surface area contributed by atoms with Crippen molar-refractivity contribution in [2.45, 2.75) is 6.92 Å². The van der Waals surface area contributed by atoms with Crippen LogP contribution in [0.1, 0.15) is 11.1 Å². The number of benzene rings is 2. The maximum Gasteiger partial charge on any atom is 0.127 e. The molecule has 110 valence electrons. The Morgan fingerprint density at radius 1 is 1.14 bits per heavy atom. The number of phenolic OH excluding ortho intramolecular Hbond substituents is 1. The van der Waals surface area contributed by atoms with Crippen LogP contribution in [-0.4, -0.2) is 11.3 Å². The van der Waals surface area contributed by atoms with Crippen LogP contribution < -0.4 is 5.43 Å². The Bertz CT molecular complexity index is 697. The number of hydrogen-bond donors (Lipinski definition) is 2. The van der Waals surface area contributed by atoms with Crippen molar-refractivity contribution in [2.75, 3.05) is 5.43 Å². The van der Waals surface area contributed by atoms with Crippen LogP contribution in [-0.2, 0) is 0 Å². The molecule has 2 aromatic rings. The first-order valence-electron chi connectivity index (χ1n) is 5.81. The molecule has 0 bridgehead atoms. The van der Waals surface area contributed by atoms with Crippen LogP contribution in [0.2, 0.25) is 15.1 Å². The highest BCUT2D eigenvalue weighted by atomic mass is 79.9. The van der Waals surface area contributed by atoms with Gasteiger partial charge < -0.3 is 5.11 Å². The summed E-state index contributed by atoms with van der Waals surface area (Å²) in [6, 6.07) is 6.69. The first kappa shape index (κ1) is 16.4. The Morgan fingerprint density at radius 3 is 2.38 bits per heavy atom. The fourth-order valence-electron chi connectivity index (χ4n) is 1.68. The molecule has 0 atom stereocenters. The number of nitrogens with zero attached hydrogens (tertiary/aromatic N) is 1. The molecule has 2 rings (SSSR count). The lowest BCUT2D eigenvalue weighted by Gasteiger charge is -2.07. The Hall–Kier alpha value is -0.940. The van der Waals surface area contributed by atoms with Gasteiger partial charge in [-0.3, -0.25) is 5.43 Å². The fourth-order valence-corrected chi connectivity index (χ4v) is 3.17. The largest absolute Gasteiger partial charge is 0.507 e. The zero-order valence-corrected chi connectivity index (χ0v) is 14.6. The maximum absolute atomic E-state index is 9.96. The van der Waals surface area contributed by atoms with Gasteiger partial charge in [0, 0.05) is 15.1 Å². The summed E-state index contributed by atoms with van der Waals surface area (Å²) in [6.45, 7) is 1.80. The molecule has 3 nitrogen and oxygen atoms in total. The van der Waals surface area contributed by atoms with Crippen molar-refractivity contribution in [1.82, 2.24) is 0 Å². The third-order valence-corrected chi connectivity index (χ3v) is 3.95. The summed E-state index contributed by atoms with van der Waals surface area (Å²) < 4.78 is 0.849. The number of aryl methyl sites for hydroxylation is 1. The zero-order valence-electron chi connectivity index (χ0n) is 10.8. The van der Waals surface area contributed by atoms with E-state index in [-0.39, 0.29) is 5.75 Å². The average molecular weight is 409 g/mol. The lowest BCUT2D eigenvalue weighted by Crippen LogP contribution is -1.94. The van der Waals surface area contributed by atoms with E-state index < -0.39 is 0 Å². The van der Waals surface area contributed by atoms with E-state index in [0.29, 0.717) is 26.3 Å². The van der Waals surface area contributed by atoms with E-state index in [1.165, 1.54) is 6.21 Å². The van der Waals surface area contributed by atoms with Gasteiger partial charge in [-0.1, -0.05) is 50.7 Å². The smallest absolute Gasteiger partial charge is 0.127 e. The maximum atomic E-state index is 9.96. The summed E-state index contributed by atoms with van der Waals surface area (Å²) in [5.41, 5.74) is 4.50. The second-order valence-corrected chi connectivity index (χ2v) is 6.44. The molecule has 0 saturated carbocycles. The molecule has 0 heterocycles. The molecule has 0 spiro atoms. The number of nitrogens with one attached hydrogen (secondary N) is 1. The van der Waals surface area contributed by atoms with Crippen molar-refractivity contribution in [3.05, 3.63) is 54.9 Å². The van der Waals surface area contributed by atoms with Crippen LogP contribution in [0.4, 0.5) is 5.69 Å². The van der Waals surface area contributed by atoms with E-state index in [1.807, 2.05) is 6.07 Å². The van der Waals surface area contributed by atoms with Crippen molar-refractivity contribution < 1.29 is 5.11 Å². The predicted octanol–water partition coefficient (Wildman–Crippen LogP) is 5.87. The molecule has 0 aliphatic carbocycles. The summed E-state index contributed by atoms with van der Waals surface area (Å²) in [7, 11) is 0. The number of phenols is 1. The molecule has 0 aliphatic heterocycles. The molecule has 2 aromatic carbocycles. The Morgan fingerprint density at radius 2 is 1.76 bits per heavy atom. The molecule has 0 unspecified atom stereocenters. The molecule has 0 saturated heterocycles. The van der Waals surface area contributed by atoms with Crippen LogP contribution in [0.3, 0.4) is 0 Å². The molecular formula is C14H10BrCl3N2O. The van der Waals surface area contributed by atoms with Gasteiger partial charge in [-0.05, 0) is 36.8 Å². The third kappa shape index (κ3) is 4.04. The van der Waals surface area contributed by atoms with Crippen LogP contribution in [0.15, 0.2) is 33.8 Å². The van der Waals surface area contributed by atoms with Crippen LogP contribution in [0.25, 0.3) is 0 Å². The summed E-state index contributed by atoms with van der Waals surface area (Å²) in [5, 5.41) is 15.2. The van der Waals surface area contributed by atoms with E-state index in [1.54, 1.807) is 25.1 Å². The molecule has 0 fully saturated rings. The van der Waals surface area contributed by atoms with Crippen molar-refractivity contribution >= 4 is 62.6 Å². The van der Waals surface area contributed by atoms with Crippen LogP contribution in [0.5, 0.6) is 5.75 Å². The predicted molar refractivity (Wildman–Crippen MR) is 93.2 cm³/mol. The highest BCUT2D eigenvalue weighted by Gasteiger charge is 2.07.